The molecule has 3 rings (SSSR count). The summed E-state index contributed by atoms with van der Waals surface area (Å²) in [6.07, 6.45) is -3.51. The molecule has 0 saturated carbocycles. The first kappa shape index (κ1) is 20.9. The number of hydrogen-bond donors (Lipinski definition) is 1. The van der Waals surface area contributed by atoms with Crippen molar-refractivity contribution in [2.24, 2.45) is 0 Å². The number of rotatable bonds is 4. The first-order valence-corrected chi connectivity index (χ1v) is 8.81. The molecule has 156 valence electrons. The number of anilines is 2. The molecule has 0 spiro atoms. The number of hydrogen-bond acceptors (Lipinski definition) is 5. The Hall–Kier alpha value is -2.82. The lowest BCUT2D eigenvalue weighted by molar-refractivity contribution is -0.141. The van der Waals surface area contributed by atoms with Crippen molar-refractivity contribution < 1.29 is 26.7 Å². The molecule has 0 bridgehead atoms. The molecule has 1 fully saturated rings. The maximum Gasteiger partial charge on any atom is 0.433 e. The van der Waals surface area contributed by atoms with Crippen molar-refractivity contribution in [3.8, 4) is 0 Å². The second kappa shape index (κ2) is 8.27. The van der Waals surface area contributed by atoms with Gasteiger partial charge in [0, 0.05) is 32.4 Å². The molecule has 1 amide bonds. The van der Waals surface area contributed by atoms with Crippen molar-refractivity contribution in [2.75, 3.05) is 36.4 Å². The first-order chi connectivity index (χ1) is 13.7. The summed E-state index contributed by atoms with van der Waals surface area (Å²) < 4.78 is 65.8. The fourth-order valence-electron chi connectivity index (χ4n) is 2.98. The zero-order valence-corrected chi connectivity index (χ0v) is 15.4. The van der Waals surface area contributed by atoms with Gasteiger partial charge in [-0.15, -0.1) is 0 Å². The van der Waals surface area contributed by atoms with E-state index in [0.29, 0.717) is 26.2 Å². The number of carbonyl (C=O) groups excluding carboxylic acids is 1. The van der Waals surface area contributed by atoms with Crippen LogP contribution in [0.2, 0.25) is 0 Å². The van der Waals surface area contributed by atoms with E-state index in [1.165, 1.54) is 6.07 Å². The highest BCUT2D eigenvalue weighted by molar-refractivity contribution is 5.94. The molecule has 2 aromatic rings. The first-order valence-electron chi connectivity index (χ1n) is 8.81. The molecule has 11 heteroatoms. The van der Waals surface area contributed by atoms with E-state index in [9.17, 15) is 26.7 Å². The number of nitrogens with zero attached hydrogens (tertiary/aromatic N) is 4. The fraction of sp³-hybridized carbons (Fsp3) is 0.389. The molecule has 1 aliphatic heterocycles. The van der Waals surface area contributed by atoms with Gasteiger partial charge in [-0.1, -0.05) is 6.07 Å². The number of amides is 1. The number of benzene rings is 1. The number of halogens is 5. The predicted molar refractivity (Wildman–Crippen MR) is 95.3 cm³/mol. The largest absolute Gasteiger partial charge is 0.433 e. The van der Waals surface area contributed by atoms with Crippen molar-refractivity contribution in [1.29, 1.82) is 0 Å². The Balaban J connectivity index is 1.61. The minimum absolute atomic E-state index is 0.0370. The maximum atomic E-state index is 13.7. The molecule has 6 nitrogen and oxygen atoms in total. The number of alkyl halides is 3. The van der Waals surface area contributed by atoms with Crippen LogP contribution >= 0.6 is 0 Å². The molecule has 1 atom stereocenters. The molecule has 0 radical (unpaired) electrons. The number of aromatic nitrogens is 2. The lowest BCUT2D eigenvalue weighted by Gasteiger charge is -2.37. The zero-order valence-electron chi connectivity index (χ0n) is 15.4. The van der Waals surface area contributed by atoms with Gasteiger partial charge in [-0.05, 0) is 25.1 Å². The summed E-state index contributed by atoms with van der Waals surface area (Å²) in [5.41, 5.74) is -1.54. The Morgan fingerprint density at radius 3 is 2.31 bits per heavy atom. The van der Waals surface area contributed by atoms with Gasteiger partial charge in [-0.25, -0.2) is 18.7 Å². The number of nitrogens with one attached hydrogen (secondary N) is 1. The van der Waals surface area contributed by atoms with E-state index in [1.807, 2.05) is 0 Å². The third-order valence-electron chi connectivity index (χ3n) is 4.67. The van der Waals surface area contributed by atoms with Crippen LogP contribution in [0.3, 0.4) is 0 Å². The highest BCUT2D eigenvalue weighted by atomic mass is 19.4. The summed E-state index contributed by atoms with van der Waals surface area (Å²) in [5.74, 6) is -2.38. The van der Waals surface area contributed by atoms with E-state index >= 15 is 0 Å². The predicted octanol–water partition coefficient (Wildman–Crippen LogP) is 2.92. The van der Waals surface area contributed by atoms with Gasteiger partial charge in [-0.2, -0.15) is 13.2 Å². The molecule has 1 aromatic carbocycles. The SMILES string of the molecule is C[C@H](C(=O)Nc1c(F)cccc1F)N1CCN(c2nccc(C(F)(F)F)n2)CC1. The smallest absolute Gasteiger partial charge is 0.338 e. The third-order valence-corrected chi connectivity index (χ3v) is 4.67. The fourth-order valence-corrected chi connectivity index (χ4v) is 2.98. The molecule has 1 N–H and O–H groups in total. The second-order valence-electron chi connectivity index (χ2n) is 6.52. The molecule has 29 heavy (non-hydrogen) atoms. The van der Waals surface area contributed by atoms with Gasteiger partial charge in [0.15, 0.2) is 0 Å². The Morgan fingerprint density at radius 1 is 1.10 bits per heavy atom. The van der Waals surface area contributed by atoms with Crippen LogP contribution in [0.5, 0.6) is 0 Å². The van der Waals surface area contributed by atoms with Crippen LogP contribution < -0.4 is 10.2 Å². The average Bonchev–Trinajstić information content (AvgIpc) is 2.70. The highest BCUT2D eigenvalue weighted by Gasteiger charge is 2.34. The van der Waals surface area contributed by atoms with Gasteiger partial charge in [-0.3, -0.25) is 9.69 Å². The topological polar surface area (TPSA) is 61.4 Å². The number of para-hydroxylation sites is 1. The van der Waals surface area contributed by atoms with E-state index in [2.05, 4.69) is 15.3 Å². The summed E-state index contributed by atoms with van der Waals surface area (Å²) >= 11 is 0. The minimum atomic E-state index is -4.56. The quantitative estimate of drug-likeness (QED) is 0.779. The number of carbonyl (C=O) groups is 1. The molecule has 2 heterocycles. The normalized spacial score (nSPS) is 16.6. The lowest BCUT2D eigenvalue weighted by Crippen LogP contribution is -2.53. The summed E-state index contributed by atoms with van der Waals surface area (Å²) in [5, 5.41) is 2.25. The summed E-state index contributed by atoms with van der Waals surface area (Å²) in [7, 11) is 0. The maximum absolute atomic E-state index is 13.7. The molecule has 0 aliphatic carbocycles. The van der Waals surface area contributed by atoms with Crippen LogP contribution in [0.25, 0.3) is 0 Å². The van der Waals surface area contributed by atoms with Crippen molar-refractivity contribution >= 4 is 17.5 Å². The van der Waals surface area contributed by atoms with E-state index in [0.717, 1.165) is 24.4 Å². The van der Waals surface area contributed by atoms with Gasteiger partial charge in [0.05, 0.1) is 6.04 Å². The van der Waals surface area contributed by atoms with Crippen LogP contribution in [0.4, 0.5) is 33.6 Å². The minimum Gasteiger partial charge on any atom is -0.338 e. The Bertz CT molecular complexity index is 863. The zero-order chi connectivity index (χ0) is 21.2. The molecule has 0 unspecified atom stereocenters. The van der Waals surface area contributed by atoms with E-state index in [4.69, 9.17) is 0 Å². The number of piperazine rings is 1. The van der Waals surface area contributed by atoms with Crippen molar-refractivity contribution in [3.05, 3.63) is 47.8 Å². The summed E-state index contributed by atoms with van der Waals surface area (Å²) in [6, 6.07) is 3.37. The summed E-state index contributed by atoms with van der Waals surface area (Å²) in [6.45, 7) is 2.87. The Labute approximate surface area is 163 Å². The van der Waals surface area contributed by atoms with Crippen LogP contribution in [-0.4, -0.2) is 53.0 Å². The van der Waals surface area contributed by atoms with E-state index in [-0.39, 0.29) is 5.95 Å². The van der Waals surface area contributed by atoms with Crippen molar-refractivity contribution in [1.82, 2.24) is 14.9 Å². The van der Waals surface area contributed by atoms with Gasteiger partial charge >= 0.3 is 6.18 Å². The van der Waals surface area contributed by atoms with Crippen molar-refractivity contribution in [2.45, 2.75) is 19.1 Å². The van der Waals surface area contributed by atoms with Gasteiger partial charge in [0.2, 0.25) is 11.9 Å². The monoisotopic (exact) mass is 415 g/mol. The van der Waals surface area contributed by atoms with Crippen LogP contribution in [0.15, 0.2) is 30.5 Å². The summed E-state index contributed by atoms with van der Waals surface area (Å²) in [4.78, 5) is 23.2. The molecule has 1 saturated heterocycles. The van der Waals surface area contributed by atoms with E-state index in [1.54, 1.807) is 16.7 Å². The second-order valence-corrected chi connectivity index (χ2v) is 6.52. The van der Waals surface area contributed by atoms with Crippen molar-refractivity contribution in [3.63, 3.8) is 0 Å². The van der Waals surface area contributed by atoms with Gasteiger partial charge in [0.25, 0.3) is 0 Å². The molecular weight excluding hydrogens is 397 g/mol. The Kier molecular flexibility index (Phi) is 5.96. The van der Waals surface area contributed by atoms with Crippen LogP contribution in [-0.2, 0) is 11.0 Å². The Morgan fingerprint density at radius 2 is 1.72 bits per heavy atom. The van der Waals surface area contributed by atoms with E-state index < -0.39 is 41.1 Å². The average molecular weight is 415 g/mol. The highest BCUT2D eigenvalue weighted by Crippen LogP contribution is 2.28. The molecular formula is C18H18F5N5O. The lowest BCUT2D eigenvalue weighted by atomic mass is 10.2. The molecule has 1 aromatic heterocycles. The third kappa shape index (κ3) is 4.78. The van der Waals surface area contributed by atoms with Crippen LogP contribution in [0.1, 0.15) is 12.6 Å². The van der Waals surface area contributed by atoms with Gasteiger partial charge in [0.1, 0.15) is 23.0 Å². The molecule has 1 aliphatic rings. The van der Waals surface area contributed by atoms with Gasteiger partial charge < -0.3 is 10.2 Å². The van der Waals surface area contributed by atoms with Crippen LogP contribution in [0, 0.1) is 11.6 Å². The standard InChI is InChI=1S/C18H18F5N5O/c1-11(16(29)26-15-12(19)3-2-4-13(15)20)27-7-9-28(10-8-27)17-24-6-5-14(25-17)18(21,22)23/h2-6,11H,7-10H2,1H3,(H,26,29)/t11-/m1/s1.